The summed E-state index contributed by atoms with van der Waals surface area (Å²) < 4.78 is 37.3. The van der Waals surface area contributed by atoms with Crippen LogP contribution in [0.5, 0.6) is 0 Å². The van der Waals surface area contributed by atoms with E-state index >= 15 is 0 Å². The zero-order chi connectivity index (χ0) is 15.2. The van der Waals surface area contributed by atoms with Crippen LogP contribution in [0.3, 0.4) is 0 Å². The van der Waals surface area contributed by atoms with Crippen LogP contribution < -0.4 is 5.32 Å². The number of carbonyl (C=O) groups excluding carboxylic acids is 1. The van der Waals surface area contributed by atoms with Crippen LogP contribution in [0.1, 0.15) is 25.0 Å². The number of halogens is 3. The number of alkyl halides is 3. The molecular formula is C14H19F3N2O. The van der Waals surface area contributed by atoms with Gasteiger partial charge in [0.2, 0.25) is 5.91 Å². The number of benzene rings is 1. The summed E-state index contributed by atoms with van der Waals surface area (Å²) in [5.41, 5.74) is 0.0946. The Bertz CT molecular complexity index is 429. The van der Waals surface area contributed by atoms with E-state index in [0.717, 1.165) is 17.7 Å². The topological polar surface area (TPSA) is 32.3 Å². The highest BCUT2D eigenvalue weighted by atomic mass is 19.4. The third-order valence-electron chi connectivity index (χ3n) is 2.88. The maximum absolute atomic E-state index is 12.4. The van der Waals surface area contributed by atoms with E-state index in [0.29, 0.717) is 19.6 Å². The molecule has 0 radical (unpaired) electrons. The van der Waals surface area contributed by atoms with E-state index in [2.05, 4.69) is 5.32 Å². The standard InChI is InChI=1S/C14H19F3N2O/c1-3-18-13(20)10-19(4-2)9-11-5-7-12(8-6-11)14(15,16)17/h5-8H,3-4,9-10H2,1-2H3,(H,18,20). The van der Waals surface area contributed by atoms with Gasteiger partial charge in [0.15, 0.2) is 0 Å². The molecule has 0 bridgehead atoms. The minimum absolute atomic E-state index is 0.0822. The molecule has 0 fully saturated rings. The summed E-state index contributed by atoms with van der Waals surface area (Å²) in [6.45, 7) is 5.65. The molecule has 0 saturated heterocycles. The summed E-state index contributed by atoms with van der Waals surface area (Å²) in [5, 5.41) is 2.70. The van der Waals surface area contributed by atoms with Crippen LogP contribution in [0.2, 0.25) is 0 Å². The van der Waals surface area contributed by atoms with Crippen molar-refractivity contribution in [1.82, 2.24) is 10.2 Å². The van der Waals surface area contributed by atoms with Gasteiger partial charge in [0.1, 0.15) is 0 Å². The predicted molar refractivity (Wildman–Crippen MR) is 71.1 cm³/mol. The highest BCUT2D eigenvalue weighted by Gasteiger charge is 2.29. The molecule has 1 aromatic carbocycles. The fourth-order valence-electron chi connectivity index (χ4n) is 1.79. The lowest BCUT2D eigenvalue weighted by molar-refractivity contribution is -0.137. The van der Waals surface area contributed by atoms with Crippen molar-refractivity contribution < 1.29 is 18.0 Å². The molecule has 1 amide bonds. The summed E-state index contributed by atoms with van der Waals surface area (Å²) >= 11 is 0. The van der Waals surface area contributed by atoms with Crippen molar-refractivity contribution >= 4 is 5.91 Å². The molecule has 0 aliphatic rings. The first-order valence-corrected chi connectivity index (χ1v) is 6.52. The average Bonchev–Trinajstić information content (AvgIpc) is 2.37. The molecule has 0 unspecified atom stereocenters. The molecule has 1 aromatic rings. The lowest BCUT2D eigenvalue weighted by atomic mass is 10.1. The van der Waals surface area contributed by atoms with Crippen LogP contribution in [-0.2, 0) is 17.5 Å². The molecule has 0 aliphatic heterocycles. The molecular weight excluding hydrogens is 269 g/mol. The number of likely N-dealkylation sites (N-methyl/N-ethyl adjacent to an activating group) is 2. The lowest BCUT2D eigenvalue weighted by Gasteiger charge is -2.20. The van der Waals surface area contributed by atoms with Crippen molar-refractivity contribution in [3.05, 3.63) is 35.4 Å². The minimum Gasteiger partial charge on any atom is -0.355 e. The van der Waals surface area contributed by atoms with Gasteiger partial charge < -0.3 is 5.32 Å². The molecule has 0 aromatic heterocycles. The molecule has 0 aliphatic carbocycles. The van der Waals surface area contributed by atoms with E-state index in [1.165, 1.54) is 12.1 Å². The van der Waals surface area contributed by atoms with Crippen LogP contribution in [0.15, 0.2) is 24.3 Å². The summed E-state index contributed by atoms with van der Waals surface area (Å²) in [6, 6.07) is 5.02. The molecule has 1 rings (SSSR count). The van der Waals surface area contributed by atoms with E-state index in [4.69, 9.17) is 0 Å². The first-order valence-electron chi connectivity index (χ1n) is 6.52. The van der Waals surface area contributed by atoms with Gasteiger partial charge in [0.05, 0.1) is 12.1 Å². The Morgan fingerprint density at radius 3 is 2.25 bits per heavy atom. The number of nitrogens with one attached hydrogen (secondary N) is 1. The normalized spacial score (nSPS) is 11.7. The second-order valence-corrected chi connectivity index (χ2v) is 4.45. The summed E-state index contributed by atoms with van der Waals surface area (Å²) in [6.07, 6.45) is -4.32. The highest BCUT2D eigenvalue weighted by Crippen LogP contribution is 2.29. The van der Waals surface area contributed by atoms with Crippen LogP contribution in [0, 0.1) is 0 Å². The molecule has 0 atom stereocenters. The molecule has 112 valence electrons. The van der Waals surface area contributed by atoms with Crippen LogP contribution in [0.25, 0.3) is 0 Å². The fourth-order valence-corrected chi connectivity index (χ4v) is 1.79. The average molecular weight is 288 g/mol. The first-order chi connectivity index (χ1) is 9.36. The Morgan fingerprint density at radius 1 is 1.20 bits per heavy atom. The Hall–Kier alpha value is -1.56. The lowest BCUT2D eigenvalue weighted by Crippen LogP contribution is -2.36. The van der Waals surface area contributed by atoms with Crippen molar-refractivity contribution in [2.24, 2.45) is 0 Å². The second kappa shape index (κ2) is 7.28. The number of hydrogen-bond donors (Lipinski definition) is 1. The summed E-state index contributed by atoms with van der Waals surface area (Å²) in [7, 11) is 0. The molecule has 3 nitrogen and oxygen atoms in total. The van der Waals surface area contributed by atoms with E-state index in [1.54, 1.807) is 0 Å². The highest BCUT2D eigenvalue weighted by molar-refractivity contribution is 5.77. The summed E-state index contributed by atoms with van der Waals surface area (Å²) in [5.74, 6) is -0.0822. The largest absolute Gasteiger partial charge is 0.416 e. The van der Waals surface area contributed by atoms with Crippen LogP contribution in [0.4, 0.5) is 13.2 Å². The third-order valence-corrected chi connectivity index (χ3v) is 2.88. The molecule has 0 heterocycles. The number of rotatable bonds is 6. The zero-order valence-corrected chi connectivity index (χ0v) is 11.6. The van der Waals surface area contributed by atoms with Crippen LogP contribution in [-0.4, -0.2) is 30.4 Å². The van der Waals surface area contributed by atoms with E-state index < -0.39 is 11.7 Å². The minimum atomic E-state index is -4.32. The van der Waals surface area contributed by atoms with E-state index in [9.17, 15) is 18.0 Å². The Labute approximate surface area is 116 Å². The van der Waals surface area contributed by atoms with Gasteiger partial charge in [-0.25, -0.2) is 0 Å². The van der Waals surface area contributed by atoms with Gasteiger partial charge in [-0.3, -0.25) is 9.69 Å². The molecule has 0 saturated carbocycles. The van der Waals surface area contributed by atoms with Crippen molar-refractivity contribution in [3.63, 3.8) is 0 Å². The van der Waals surface area contributed by atoms with E-state index in [-0.39, 0.29) is 12.5 Å². The number of nitrogens with zero attached hydrogens (tertiary/aromatic N) is 1. The maximum atomic E-state index is 12.4. The quantitative estimate of drug-likeness (QED) is 0.873. The van der Waals surface area contributed by atoms with Gasteiger partial charge in [-0.2, -0.15) is 13.2 Å². The molecule has 20 heavy (non-hydrogen) atoms. The van der Waals surface area contributed by atoms with Crippen molar-refractivity contribution in [2.75, 3.05) is 19.6 Å². The Balaban J connectivity index is 2.64. The number of amides is 1. The van der Waals surface area contributed by atoms with Crippen LogP contribution >= 0.6 is 0 Å². The SMILES string of the molecule is CCNC(=O)CN(CC)Cc1ccc(C(F)(F)F)cc1. The predicted octanol–water partition coefficient (Wildman–Crippen LogP) is 2.66. The second-order valence-electron chi connectivity index (χ2n) is 4.45. The van der Waals surface area contributed by atoms with Gasteiger partial charge in [-0.05, 0) is 31.2 Å². The third kappa shape index (κ3) is 5.21. The monoisotopic (exact) mass is 288 g/mol. The zero-order valence-electron chi connectivity index (χ0n) is 11.6. The van der Waals surface area contributed by atoms with E-state index in [1.807, 2.05) is 18.7 Å². The van der Waals surface area contributed by atoms with Gasteiger partial charge in [-0.1, -0.05) is 19.1 Å². The number of hydrogen-bond acceptors (Lipinski definition) is 2. The van der Waals surface area contributed by atoms with Gasteiger partial charge in [0, 0.05) is 13.1 Å². The van der Waals surface area contributed by atoms with Crippen molar-refractivity contribution in [3.8, 4) is 0 Å². The van der Waals surface area contributed by atoms with Gasteiger partial charge >= 0.3 is 6.18 Å². The molecule has 1 N–H and O–H groups in total. The van der Waals surface area contributed by atoms with Gasteiger partial charge in [0.25, 0.3) is 0 Å². The number of carbonyl (C=O) groups is 1. The van der Waals surface area contributed by atoms with Crippen molar-refractivity contribution in [2.45, 2.75) is 26.6 Å². The van der Waals surface area contributed by atoms with Crippen molar-refractivity contribution in [1.29, 1.82) is 0 Å². The fraction of sp³-hybridized carbons (Fsp3) is 0.500. The summed E-state index contributed by atoms with van der Waals surface area (Å²) in [4.78, 5) is 13.4. The maximum Gasteiger partial charge on any atom is 0.416 e. The molecule has 6 heteroatoms. The Kier molecular flexibility index (Phi) is 6.01. The first kappa shape index (κ1) is 16.5. The molecule has 0 spiro atoms. The smallest absolute Gasteiger partial charge is 0.355 e. The van der Waals surface area contributed by atoms with Gasteiger partial charge in [-0.15, -0.1) is 0 Å². The Morgan fingerprint density at radius 2 is 1.80 bits per heavy atom.